The number of nitrogens with one attached hydrogen (secondary N) is 2. The SMILES string of the molecule is O=C(NCCCSc1ccccc1)c1ccc(=O)[nH]n1. The Labute approximate surface area is 120 Å². The molecule has 0 spiro atoms. The molecule has 1 aromatic carbocycles. The average molecular weight is 289 g/mol. The fraction of sp³-hybridized carbons (Fsp3) is 0.214. The zero-order valence-corrected chi connectivity index (χ0v) is 11.7. The molecule has 2 N–H and O–H groups in total. The van der Waals surface area contributed by atoms with Crippen molar-refractivity contribution in [2.24, 2.45) is 0 Å². The molecule has 0 radical (unpaired) electrons. The molecule has 20 heavy (non-hydrogen) atoms. The average Bonchev–Trinajstić information content (AvgIpc) is 2.48. The monoisotopic (exact) mass is 289 g/mol. The minimum Gasteiger partial charge on any atom is -0.351 e. The number of hydrogen-bond donors (Lipinski definition) is 2. The van der Waals surface area contributed by atoms with Gasteiger partial charge < -0.3 is 5.32 Å². The number of hydrogen-bond acceptors (Lipinski definition) is 4. The van der Waals surface area contributed by atoms with Gasteiger partial charge in [0.1, 0.15) is 5.69 Å². The third kappa shape index (κ3) is 4.55. The Bertz CT molecular complexity index is 593. The first-order valence-corrected chi connectivity index (χ1v) is 7.26. The number of carbonyl (C=O) groups excluding carboxylic acids is 1. The second-order valence-electron chi connectivity index (χ2n) is 4.08. The van der Waals surface area contributed by atoms with Crippen LogP contribution in [0, 0.1) is 0 Å². The van der Waals surface area contributed by atoms with Crippen molar-refractivity contribution in [3.63, 3.8) is 0 Å². The van der Waals surface area contributed by atoms with Gasteiger partial charge in [0.2, 0.25) is 0 Å². The van der Waals surface area contributed by atoms with Gasteiger partial charge >= 0.3 is 0 Å². The highest BCUT2D eigenvalue weighted by Crippen LogP contribution is 2.17. The zero-order valence-electron chi connectivity index (χ0n) is 10.8. The van der Waals surface area contributed by atoms with Gasteiger partial charge in [-0.2, -0.15) is 5.10 Å². The van der Waals surface area contributed by atoms with E-state index in [1.54, 1.807) is 11.8 Å². The second-order valence-corrected chi connectivity index (χ2v) is 5.25. The van der Waals surface area contributed by atoms with Crippen LogP contribution in [0.5, 0.6) is 0 Å². The molecular weight excluding hydrogens is 274 g/mol. The summed E-state index contributed by atoms with van der Waals surface area (Å²) in [4.78, 5) is 23.7. The van der Waals surface area contributed by atoms with E-state index in [4.69, 9.17) is 0 Å². The molecule has 5 nitrogen and oxygen atoms in total. The molecule has 0 atom stereocenters. The van der Waals surface area contributed by atoms with Crippen LogP contribution in [0.3, 0.4) is 0 Å². The van der Waals surface area contributed by atoms with Gasteiger partial charge in [0.15, 0.2) is 0 Å². The van der Waals surface area contributed by atoms with E-state index in [-0.39, 0.29) is 17.2 Å². The van der Waals surface area contributed by atoms with Crippen molar-refractivity contribution >= 4 is 17.7 Å². The molecular formula is C14H15N3O2S. The van der Waals surface area contributed by atoms with E-state index in [1.807, 2.05) is 18.2 Å². The summed E-state index contributed by atoms with van der Waals surface area (Å²) in [6.45, 7) is 0.583. The standard InChI is InChI=1S/C14H15N3O2S/c18-13-8-7-12(16-17-13)14(19)15-9-4-10-20-11-5-2-1-3-6-11/h1-3,5-8H,4,9-10H2,(H,15,19)(H,17,18). The summed E-state index contributed by atoms with van der Waals surface area (Å²) in [5, 5.41) is 8.67. The largest absolute Gasteiger partial charge is 0.351 e. The fourth-order valence-electron chi connectivity index (χ4n) is 1.54. The minimum atomic E-state index is -0.319. The van der Waals surface area contributed by atoms with E-state index in [1.165, 1.54) is 17.0 Å². The lowest BCUT2D eigenvalue weighted by Crippen LogP contribution is -2.26. The van der Waals surface area contributed by atoms with Crippen LogP contribution in [0.4, 0.5) is 0 Å². The lowest BCUT2D eigenvalue weighted by Gasteiger charge is -2.04. The quantitative estimate of drug-likeness (QED) is 0.627. The van der Waals surface area contributed by atoms with Gasteiger partial charge in [-0.1, -0.05) is 18.2 Å². The number of thioether (sulfide) groups is 1. The van der Waals surface area contributed by atoms with Crippen molar-refractivity contribution in [2.45, 2.75) is 11.3 Å². The molecule has 2 aromatic rings. The van der Waals surface area contributed by atoms with Crippen LogP contribution in [0.2, 0.25) is 0 Å². The maximum atomic E-state index is 11.7. The van der Waals surface area contributed by atoms with E-state index in [0.29, 0.717) is 6.54 Å². The van der Waals surface area contributed by atoms with Crippen LogP contribution >= 0.6 is 11.8 Å². The molecule has 0 aliphatic rings. The summed E-state index contributed by atoms with van der Waals surface area (Å²) in [5.41, 5.74) is -0.0962. The summed E-state index contributed by atoms with van der Waals surface area (Å²) in [7, 11) is 0. The van der Waals surface area contributed by atoms with Crippen LogP contribution in [0.25, 0.3) is 0 Å². The molecule has 104 valence electrons. The van der Waals surface area contributed by atoms with Crippen molar-refractivity contribution in [1.82, 2.24) is 15.5 Å². The van der Waals surface area contributed by atoms with Crippen molar-refractivity contribution in [3.8, 4) is 0 Å². The van der Waals surface area contributed by atoms with E-state index in [9.17, 15) is 9.59 Å². The third-order valence-corrected chi connectivity index (χ3v) is 3.63. The highest BCUT2D eigenvalue weighted by molar-refractivity contribution is 7.99. The summed E-state index contributed by atoms with van der Waals surface area (Å²) in [6, 6.07) is 12.8. The molecule has 0 saturated carbocycles. The highest BCUT2D eigenvalue weighted by atomic mass is 32.2. The molecule has 1 amide bonds. The summed E-state index contributed by atoms with van der Waals surface area (Å²) < 4.78 is 0. The molecule has 0 bridgehead atoms. The van der Waals surface area contributed by atoms with Gasteiger partial charge in [-0.3, -0.25) is 9.59 Å². The van der Waals surface area contributed by atoms with E-state index < -0.39 is 0 Å². The lowest BCUT2D eigenvalue weighted by molar-refractivity contribution is 0.0947. The fourth-order valence-corrected chi connectivity index (χ4v) is 2.42. The summed E-state index contributed by atoms with van der Waals surface area (Å²) in [5.74, 6) is 0.662. The zero-order chi connectivity index (χ0) is 14.2. The molecule has 1 aromatic heterocycles. The smallest absolute Gasteiger partial charge is 0.271 e. The van der Waals surface area contributed by atoms with E-state index in [2.05, 4.69) is 27.6 Å². The van der Waals surface area contributed by atoms with Crippen LogP contribution in [0.1, 0.15) is 16.9 Å². The van der Waals surface area contributed by atoms with Gasteiger partial charge in [-0.25, -0.2) is 5.10 Å². The molecule has 6 heteroatoms. The lowest BCUT2D eigenvalue weighted by atomic mass is 10.3. The molecule has 0 unspecified atom stereocenters. The van der Waals surface area contributed by atoms with Crippen molar-refractivity contribution < 1.29 is 4.79 Å². The van der Waals surface area contributed by atoms with Gasteiger partial charge in [-0.15, -0.1) is 11.8 Å². The maximum absolute atomic E-state index is 11.7. The van der Waals surface area contributed by atoms with Gasteiger partial charge in [0.05, 0.1) is 0 Å². The van der Waals surface area contributed by atoms with Gasteiger partial charge in [0.25, 0.3) is 11.5 Å². The van der Waals surface area contributed by atoms with Crippen molar-refractivity contribution in [1.29, 1.82) is 0 Å². The minimum absolute atomic E-state index is 0.223. The number of nitrogens with zero attached hydrogens (tertiary/aromatic N) is 1. The molecule has 0 aliphatic carbocycles. The molecule has 2 rings (SSSR count). The van der Waals surface area contributed by atoms with Gasteiger partial charge in [-0.05, 0) is 30.4 Å². The van der Waals surface area contributed by atoms with Gasteiger partial charge in [0, 0.05) is 17.5 Å². The first kappa shape index (κ1) is 14.3. The van der Waals surface area contributed by atoms with Crippen molar-refractivity contribution in [2.75, 3.05) is 12.3 Å². The van der Waals surface area contributed by atoms with Crippen LogP contribution < -0.4 is 10.9 Å². The van der Waals surface area contributed by atoms with E-state index >= 15 is 0 Å². The Hall–Kier alpha value is -2.08. The number of rotatable bonds is 6. The van der Waals surface area contributed by atoms with Crippen LogP contribution in [-0.4, -0.2) is 28.4 Å². The number of amides is 1. The number of H-pyrrole nitrogens is 1. The Morgan fingerprint density at radius 2 is 2.00 bits per heavy atom. The van der Waals surface area contributed by atoms with Crippen LogP contribution in [0.15, 0.2) is 52.2 Å². The normalized spacial score (nSPS) is 10.2. The number of benzene rings is 1. The Morgan fingerprint density at radius 1 is 1.20 bits per heavy atom. The third-order valence-electron chi connectivity index (χ3n) is 2.53. The Kier molecular flexibility index (Phi) is 5.37. The van der Waals surface area contributed by atoms with E-state index in [0.717, 1.165) is 12.2 Å². The van der Waals surface area contributed by atoms with Crippen molar-refractivity contribution in [3.05, 3.63) is 58.5 Å². The van der Waals surface area contributed by atoms with Crippen LogP contribution in [-0.2, 0) is 0 Å². The first-order valence-electron chi connectivity index (χ1n) is 6.27. The number of aromatic nitrogens is 2. The Morgan fingerprint density at radius 3 is 2.70 bits per heavy atom. The highest BCUT2D eigenvalue weighted by Gasteiger charge is 2.05. The Balaban J connectivity index is 1.67. The second kappa shape index (κ2) is 7.49. The maximum Gasteiger partial charge on any atom is 0.271 e. The number of aromatic amines is 1. The first-order chi connectivity index (χ1) is 9.75. The molecule has 0 saturated heterocycles. The number of carbonyl (C=O) groups is 1. The molecule has 0 fully saturated rings. The molecule has 1 heterocycles. The molecule has 0 aliphatic heterocycles. The topological polar surface area (TPSA) is 74.8 Å². The predicted octanol–water partition coefficient (Wildman–Crippen LogP) is 1.68. The summed E-state index contributed by atoms with van der Waals surface area (Å²) in [6.07, 6.45) is 0.870. The summed E-state index contributed by atoms with van der Waals surface area (Å²) >= 11 is 1.76. The predicted molar refractivity (Wildman–Crippen MR) is 79.0 cm³/mol.